The third kappa shape index (κ3) is 5.54. The van der Waals surface area contributed by atoms with Crippen molar-refractivity contribution in [1.82, 2.24) is 0 Å². The molecule has 1 aromatic heterocycles. The number of unbranched alkanes of at least 4 members (excludes halogenated alkanes) is 3. The highest BCUT2D eigenvalue weighted by molar-refractivity contribution is 9.09. The lowest BCUT2D eigenvalue weighted by molar-refractivity contribution is 0.281. The highest BCUT2D eigenvalue weighted by Gasteiger charge is 2.19. The molecule has 0 radical (unpaired) electrons. The molecule has 25 heavy (non-hydrogen) atoms. The first kappa shape index (κ1) is 19.9. The summed E-state index contributed by atoms with van der Waals surface area (Å²) in [6.07, 6.45) is 6.14. The van der Waals surface area contributed by atoms with Gasteiger partial charge in [0.15, 0.2) is 0 Å². The van der Waals surface area contributed by atoms with Gasteiger partial charge in [0, 0.05) is 29.0 Å². The van der Waals surface area contributed by atoms with Crippen LogP contribution in [0.5, 0.6) is 5.75 Å². The van der Waals surface area contributed by atoms with E-state index in [1.165, 1.54) is 12.1 Å². The van der Waals surface area contributed by atoms with E-state index in [9.17, 15) is 14.3 Å². The zero-order chi connectivity index (χ0) is 18.2. The molecule has 2 N–H and O–H groups in total. The molecule has 0 aliphatic rings. The molecular formula is C19H24BrFO4. The molecular weight excluding hydrogens is 391 g/mol. The molecule has 0 bridgehead atoms. The maximum absolute atomic E-state index is 14.4. The quantitative estimate of drug-likeness (QED) is 0.340. The van der Waals surface area contributed by atoms with Crippen molar-refractivity contribution in [3.8, 4) is 5.75 Å². The van der Waals surface area contributed by atoms with Gasteiger partial charge in [-0.3, -0.25) is 0 Å². The van der Waals surface area contributed by atoms with Crippen LogP contribution in [0.3, 0.4) is 0 Å². The Morgan fingerprint density at radius 1 is 1.16 bits per heavy atom. The monoisotopic (exact) mass is 414 g/mol. The predicted octanol–water partition coefficient (Wildman–Crippen LogP) is 4.52. The lowest BCUT2D eigenvalue weighted by Gasteiger charge is -2.17. The number of aromatic hydroxyl groups is 1. The molecule has 0 saturated heterocycles. The molecule has 0 saturated carbocycles. The second-order valence-electron chi connectivity index (χ2n) is 6.34. The Labute approximate surface area is 154 Å². The molecule has 0 spiro atoms. The highest BCUT2D eigenvalue weighted by Crippen LogP contribution is 2.28. The number of phenols is 1. The second-order valence-corrected chi connectivity index (χ2v) is 7.13. The SMILES string of the molecule is O=c1oc2cc(O)ccc2c(CC(CCBr)CCCCCCO)c1F. The maximum atomic E-state index is 14.4. The Kier molecular flexibility index (Phi) is 7.90. The largest absolute Gasteiger partial charge is 0.508 e. The van der Waals surface area contributed by atoms with Gasteiger partial charge in [-0.2, -0.15) is 4.39 Å². The van der Waals surface area contributed by atoms with Crippen LogP contribution in [0, 0.1) is 11.7 Å². The molecule has 138 valence electrons. The van der Waals surface area contributed by atoms with Gasteiger partial charge < -0.3 is 14.6 Å². The molecule has 0 fully saturated rings. The third-order valence-electron chi connectivity index (χ3n) is 4.47. The van der Waals surface area contributed by atoms with E-state index in [-0.39, 0.29) is 23.9 Å². The van der Waals surface area contributed by atoms with Crippen LogP contribution in [0.4, 0.5) is 4.39 Å². The number of rotatable bonds is 10. The summed E-state index contributed by atoms with van der Waals surface area (Å²) in [5, 5.41) is 19.7. The molecule has 1 atom stereocenters. The number of phenolic OH excluding ortho intramolecular Hbond substituents is 1. The summed E-state index contributed by atoms with van der Waals surface area (Å²) in [6, 6.07) is 4.41. The molecule has 2 aromatic rings. The predicted molar refractivity (Wildman–Crippen MR) is 99.9 cm³/mol. The third-order valence-corrected chi connectivity index (χ3v) is 4.93. The van der Waals surface area contributed by atoms with Gasteiger partial charge in [0.05, 0.1) is 0 Å². The van der Waals surface area contributed by atoms with Gasteiger partial charge in [0.2, 0.25) is 5.82 Å². The van der Waals surface area contributed by atoms with Crippen LogP contribution in [0.25, 0.3) is 11.0 Å². The van der Waals surface area contributed by atoms with Crippen LogP contribution >= 0.6 is 15.9 Å². The van der Waals surface area contributed by atoms with Gasteiger partial charge >= 0.3 is 5.63 Å². The van der Waals surface area contributed by atoms with E-state index in [2.05, 4.69) is 15.9 Å². The summed E-state index contributed by atoms with van der Waals surface area (Å²) in [7, 11) is 0. The number of halogens is 2. The Morgan fingerprint density at radius 3 is 2.64 bits per heavy atom. The molecule has 1 unspecified atom stereocenters. The summed E-state index contributed by atoms with van der Waals surface area (Å²) in [5.74, 6) is -0.603. The number of aliphatic hydroxyl groups is 1. The Bertz CT molecular complexity index is 744. The molecule has 1 heterocycles. The molecule has 1 aromatic carbocycles. The van der Waals surface area contributed by atoms with E-state index in [0.717, 1.165) is 43.9 Å². The summed E-state index contributed by atoms with van der Waals surface area (Å²) in [5.41, 5.74) is -0.414. The number of hydrogen-bond acceptors (Lipinski definition) is 4. The number of alkyl halides is 1. The minimum Gasteiger partial charge on any atom is -0.508 e. The van der Waals surface area contributed by atoms with E-state index < -0.39 is 11.4 Å². The topological polar surface area (TPSA) is 70.7 Å². The highest BCUT2D eigenvalue weighted by atomic mass is 79.9. The van der Waals surface area contributed by atoms with Crippen molar-refractivity contribution in [2.45, 2.75) is 44.9 Å². The Morgan fingerprint density at radius 2 is 1.92 bits per heavy atom. The number of hydrogen-bond donors (Lipinski definition) is 2. The number of benzene rings is 1. The van der Waals surface area contributed by atoms with Crippen LogP contribution in [0.1, 0.15) is 44.1 Å². The van der Waals surface area contributed by atoms with Gasteiger partial charge in [0.1, 0.15) is 11.3 Å². The minimum atomic E-state index is -0.992. The Hall–Kier alpha value is -1.40. The zero-order valence-corrected chi connectivity index (χ0v) is 15.7. The lowest BCUT2D eigenvalue weighted by atomic mass is 9.90. The smallest absolute Gasteiger partial charge is 0.372 e. The van der Waals surface area contributed by atoms with E-state index in [4.69, 9.17) is 9.52 Å². The first-order chi connectivity index (χ1) is 12.1. The van der Waals surface area contributed by atoms with Gasteiger partial charge in [-0.1, -0.05) is 41.6 Å². The molecule has 0 amide bonds. The van der Waals surface area contributed by atoms with Crippen molar-refractivity contribution in [3.05, 3.63) is 40.0 Å². The molecule has 2 rings (SSSR count). The number of fused-ring (bicyclic) bond motifs is 1. The van der Waals surface area contributed by atoms with E-state index >= 15 is 0 Å². The first-order valence-electron chi connectivity index (χ1n) is 8.67. The molecule has 0 aliphatic carbocycles. The van der Waals surface area contributed by atoms with Crippen LogP contribution in [0.2, 0.25) is 0 Å². The average Bonchev–Trinajstić information content (AvgIpc) is 2.58. The fourth-order valence-corrected chi connectivity index (χ4v) is 3.77. The van der Waals surface area contributed by atoms with Crippen LogP contribution in [-0.4, -0.2) is 22.2 Å². The van der Waals surface area contributed by atoms with Crippen molar-refractivity contribution >= 4 is 26.9 Å². The normalized spacial score (nSPS) is 12.6. The van der Waals surface area contributed by atoms with Crippen LogP contribution < -0.4 is 5.63 Å². The van der Waals surface area contributed by atoms with Crippen LogP contribution in [-0.2, 0) is 6.42 Å². The maximum Gasteiger partial charge on any atom is 0.372 e. The second kappa shape index (κ2) is 9.92. The van der Waals surface area contributed by atoms with E-state index in [0.29, 0.717) is 17.4 Å². The van der Waals surface area contributed by atoms with Gasteiger partial charge in [-0.15, -0.1) is 0 Å². The molecule has 0 aliphatic heterocycles. The minimum absolute atomic E-state index is 0.0194. The van der Waals surface area contributed by atoms with E-state index in [1.54, 1.807) is 6.07 Å². The van der Waals surface area contributed by atoms with E-state index in [1.807, 2.05) is 0 Å². The van der Waals surface area contributed by atoms with Crippen molar-refractivity contribution in [2.24, 2.45) is 5.92 Å². The van der Waals surface area contributed by atoms with Crippen molar-refractivity contribution in [1.29, 1.82) is 0 Å². The number of aliphatic hydroxyl groups excluding tert-OH is 1. The summed E-state index contributed by atoms with van der Waals surface area (Å²) in [4.78, 5) is 11.8. The van der Waals surface area contributed by atoms with Crippen molar-refractivity contribution < 1.29 is 19.0 Å². The van der Waals surface area contributed by atoms with Gasteiger partial charge in [-0.05, 0) is 37.3 Å². The molecule has 4 nitrogen and oxygen atoms in total. The average molecular weight is 415 g/mol. The summed E-state index contributed by atoms with van der Waals surface area (Å²) >= 11 is 3.45. The van der Waals surface area contributed by atoms with Crippen LogP contribution in [0.15, 0.2) is 27.4 Å². The standard InChI is InChI=1S/C19H24BrFO4/c20-9-8-13(5-3-1-2-4-10-22)11-16-15-7-6-14(23)12-17(15)25-19(24)18(16)21/h6-7,12-13,22-23H,1-5,8-11H2. The fraction of sp³-hybridized carbons (Fsp3) is 0.526. The fourth-order valence-electron chi connectivity index (χ4n) is 3.12. The van der Waals surface area contributed by atoms with Gasteiger partial charge in [-0.25, -0.2) is 4.79 Å². The van der Waals surface area contributed by atoms with Gasteiger partial charge in [0.25, 0.3) is 0 Å². The summed E-state index contributed by atoms with van der Waals surface area (Å²) in [6.45, 7) is 0.217. The lowest BCUT2D eigenvalue weighted by Crippen LogP contribution is -2.14. The first-order valence-corrected chi connectivity index (χ1v) is 9.80. The summed E-state index contributed by atoms with van der Waals surface area (Å²) < 4.78 is 19.4. The zero-order valence-electron chi connectivity index (χ0n) is 14.1. The van der Waals surface area contributed by atoms with Crippen molar-refractivity contribution in [2.75, 3.05) is 11.9 Å². The molecule has 6 heteroatoms. The van der Waals surface area contributed by atoms with Crippen molar-refractivity contribution in [3.63, 3.8) is 0 Å². The Balaban J connectivity index is 2.20.